The fourth-order valence-electron chi connectivity index (χ4n) is 6.03. The van der Waals surface area contributed by atoms with Gasteiger partial charge in [-0.25, -0.2) is 13.6 Å². The molecule has 1 aliphatic carbocycles. The number of hydrogen-bond donors (Lipinski definition) is 4. The third-order valence-electron chi connectivity index (χ3n) is 8.58. The lowest BCUT2D eigenvalue weighted by atomic mass is 9.84. The molecule has 48 heavy (non-hydrogen) atoms. The van der Waals surface area contributed by atoms with Crippen LogP contribution in [0.1, 0.15) is 55.4 Å². The van der Waals surface area contributed by atoms with Gasteiger partial charge in [-0.1, -0.05) is 43.5 Å². The molecule has 4 N–H and O–H groups in total. The van der Waals surface area contributed by atoms with Crippen LogP contribution >= 0.6 is 11.8 Å². The van der Waals surface area contributed by atoms with Gasteiger partial charge in [0.1, 0.15) is 28.7 Å². The molecule has 0 bridgehead atoms. The maximum atomic E-state index is 13.6. The number of rotatable bonds is 14. The second-order valence-corrected chi connectivity index (χ2v) is 13.0. The van der Waals surface area contributed by atoms with Crippen LogP contribution in [0, 0.1) is 17.6 Å². The highest BCUT2D eigenvalue weighted by molar-refractivity contribution is 8.00. The molecule has 1 aliphatic heterocycles. The van der Waals surface area contributed by atoms with Crippen LogP contribution in [0.2, 0.25) is 0 Å². The molecular weight excluding hydrogens is 644 g/mol. The monoisotopic (exact) mass is 681 g/mol. The normalized spacial score (nSPS) is 19.1. The summed E-state index contributed by atoms with van der Waals surface area (Å²) in [4.78, 5) is 51.3. The van der Waals surface area contributed by atoms with E-state index in [0.717, 1.165) is 37.7 Å². The predicted octanol–water partition coefficient (Wildman–Crippen LogP) is 4.53. The van der Waals surface area contributed by atoms with E-state index in [9.17, 15) is 38.2 Å². The number of halogens is 2. The van der Waals surface area contributed by atoms with Crippen molar-refractivity contribution in [3.05, 3.63) is 95.6 Å². The first kappa shape index (κ1) is 34.8. The van der Waals surface area contributed by atoms with Gasteiger partial charge in [-0.15, -0.1) is 11.8 Å². The standard InChI is InChI=1S/C35H37F2N3O7S/c36-24-10-6-21(7-11-24)28(41)20-48-33-32(40(34(33)44)26-14-12-25(37)13-15-26)23-8-16-27(17-9-23)47-19-30(43)38-18-29(42)39-31(35(45)46)22-4-2-1-3-5-22/h6-17,22,28,31-33,41H,1-5,18-20H2,(H,38,43)(H,39,42)(H,45,46)/t28?,31-,32?,33?/m1/s1. The third kappa shape index (κ3) is 8.70. The van der Waals surface area contributed by atoms with Crippen LogP contribution in [-0.2, 0) is 19.2 Å². The number of carbonyl (C=O) groups excluding carboxylic acids is 3. The number of aliphatic hydroxyl groups excluding tert-OH is 1. The molecule has 13 heteroatoms. The predicted molar refractivity (Wildman–Crippen MR) is 175 cm³/mol. The Morgan fingerprint density at radius 1 is 0.896 bits per heavy atom. The number of carboxylic acids is 1. The Hall–Kier alpha value is -4.49. The molecule has 3 aromatic carbocycles. The lowest BCUT2D eigenvalue weighted by Crippen LogP contribution is -2.57. The van der Waals surface area contributed by atoms with E-state index in [2.05, 4.69) is 10.6 Å². The van der Waals surface area contributed by atoms with Crippen molar-refractivity contribution < 1.29 is 42.9 Å². The molecular formula is C35H37F2N3O7S. The number of thioether (sulfide) groups is 1. The van der Waals surface area contributed by atoms with Crippen molar-refractivity contribution in [3.8, 4) is 5.75 Å². The Morgan fingerprint density at radius 2 is 1.52 bits per heavy atom. The van der Waals surface area contributed by atoms with Gasteiger partial charge in [0.2, 0.25) is 11.8 Å². The summed E-state index contributed by atoms with van der Waals surface area (Å²) in [5.41, 5.74) is 1.78. The number of aliphatic hydroxyl groups is 1. The zero-order chi connectivity index (χ0) is 34.2. The van der Waals surface area contributed by atoms with Gasteiger partial charge in [-0.3, -0.25) is 14.4 Å². The van der Waals surface area contributed by atoms with Crippen molar-refractivity contribution in [2.24, 2.45) is 5.92 Å². The number of amides is 3. The SMILES string of the molecule is O=C(COc1ccc(C2C(SCC(O)c3ccc(F)cc3)C(=O)N2c2ccc(F)cc2)cc1)NCC(=O)N[C@@H](C(=O)O)C1CCCCC1. The largest absolute Gasteiger partial charge is 0.484 e. The number of ether oxygens (including phenoxy) is 1. The zero-order valence-corrected chi connectivity index (χ0v) is 26.8. The summed E-state index contributed by atoms with van der Waals surface area (Å²) < 4.78 is 32.5. The molecule has 3 aromatic rings. The highest BCUT2D eigenvalue weighted by atomic mass is 32.2. The van der Waals surface area contributed by atoms with Gasteiger partial charge < -0.3 is 30.5 Å². The molecule has 1 heterocycles. The van der Waals surface area contributed by atoms with Crippen molar-refractivity contribution in [2.45, 2.75) is 55.5 Å². The number of nitrogens with one attached hydrogen (secondary N) is 2. The van der Waals surface area contributed by atoms with E-state index in [1.54, 1.807) is 29.2 Å². The summed E-state index contributed by atoms with van der Waals surface area (Å²) >= 11 is 1.26. The number of carboxylic acid groups (broad SMARTS) is 1. The van der Waals surface area contributed by atoms with Crippen molar-refractivity contribution >= 4 is 41.1 Å². The van der Waals surface area contributed by atoms with Crippen molar-refractivity contribution in [1.82, 2.24) is 10.6 Å². The molecule has 3 amide bonds. The van der Waals surface area contributed by atoms with Crippen LogP contribution in [0.15, 0.2) is 72.8 Å². The molecule has 1 saturated heterocycles. The van der Waals surface area contributed by atoms with E-state index < -0.39 is 52.9 Å². The van der Waals surface area contributed by atoms with Crippen LogP contribution in [-0.4, -0.2) is 64.1 Å². The van der Waals surface area contributed by atoms with E-state index in [4.69, 9.17) is 4.74 Å². The number of aliphatic carboxylic acids is 1. The molecule has 5 rings (SSSR count). The Bertz CT molecular complexity index is 1590. The zero-order valence-electron chi connectivity index (χ0n) is 26.0. The molecule has 0 aromatic heterocycles. The van der Waals surface area contributed by atoms with Crippen LogP contribution in [0.25, 0.3) is 0 Å². The van der Waals surface area contributed by atoms with Crippen LogP contribution in [0.5, 0.6) is 5.75 Å². The smallest absolute Gasteiger partial charge is 0.326 e. The van der Waals surface area contributed by atoms with Gasteiger partial charge in [0, 0.05) is 11.4 Å². The van der Waals surface area contributed by atoms with Crippen molar-refractivity contribution in [3.63, 3.8) is 0 Å². The van der Waals surface area contributed by atoms with E-state index in [-0.39, 0.29) is 30.7 Å². The minimum Gasteiger partial charge on any atom is -0.484 e. The molecule has 0 spiro atoms. The van der Waals surface area contributed by atoms with Crippen LogP contribution < -0.4 is 20.3 Å². The molecule has 2 fully saturated rings. The molecule has 3 unspecified atom stereocenters. The van der Waals surface area contributed by atoms with Gasteiger partial charge in [-0.2, -0.15) is 0 Å². The van der Waals surface area contributed by atoms with Crippen molar-refractivity contribution in [2.75, 3.05) is 23.8 Å². The lowest BCUT2D eigenvalue weighted by molar-refractivity contribution is -0.143. The topological polar surface area (TPSA) is 145 Å². The minimum absolute atomic E-state index is 0.134. The molecule has 4 atom stereocenters. The first-order valence-corrected chi connectivity index (χ1v) is 16.8. The number of benzene rings is 3. The van der Waals surface area contributed by atoms with Gasteiger partial charge in [0.15, 0.2) is 6.61 Å². The summed E-state index contributed by atoms with van der Waals surface area (Å²) in [6.07, 6.45) is 3.44. The van der Waals surface area contributed by atoms with Crippen LogP contribution in [0.3, 0.4) is 0 Å². The third-order valence-corrected chi connectivity index (χ3v) is 9.91. The molecule has 1 saturated carbocycles. The quantitative estimate of drug-likeness (QED) is 0.182. The van der Waals surface area contributed by atoms with Gasteiger partial charge >= 0.3 is 5.97 Å². The molecule has 254 valence electrons. The Labute approximate surface area is 280 Å². The number of nitrogens with zero attached hydrogens (tertiary/aromatic N) is 1. The summed E-state index contributed by atoms with van der Waals surface area (Å²) in [6, 6.07) is 16.4. The minimum atomic E-state index is -1.09. The first-order valence-electron chi connectivity index (χ1n) is 15.8. The Kier molecular flexibility index (Phi) is 11.7. The molecule has 2 aliphatic rings. The fourth-order valence-corrected chi connectivity index (χ4v) is 7.33. The first-order chi connectivity index (χ1) is 23.1. The molecule has 10 nitrogen and oxygen atoms in total. The highest BCUT2D eigenvalue weighted by Gasteiger charge is 2.49. The van der Waals surface area contributed by atoms with Crippen LogP contribution in [0.4, 0.5) is 14.5 Å². The number of hydrogen-bond acceptors (Lipinski definition) is 7. The van der Waals surface area contributed by atoms with E-state index in [1.165, 1.54) is 60.3 Å². The Morgan fingerprint density at radius 3 is 2.15 bits per heavy atom. The van der Waals surface area contributed by atoms with E-state index >= 15 is 0 Å². The summed E-state index contributed by atoms with van der Waals surface area (Å²) in [5.74, 6) is -2.91. The fraction of sp³-hybridized carbons (Fsp3) is 0.371. The molecule has 0 radical (unpaired) electrons. The van der Waals surface area contributed by atoms with Gasteiger partial charge in [0.05, 0.1) is 18.7 Å². The van der Waals surface area contributed by atoms with Gasteiger partial charge in [-0.05, 0) is 78.4 Å². The van der Waals surface area contributed by atoms with Crippen molar-refractivity contribution in [1.29, 1.82) is 0 Å². The average molecular weight is 682 g/mol. The van der Waals surface area contributed by atoms with E-state index in [0.29, 0.717) is 17.0 Å². The second kappa shape index (κ2) is 16.1. The lowest BCUT2D eigenvalue weighted by Gasteiger charge is -2.47. The highest BCUT2D eigenvalue weighted by Crippen LogP contribution is 2.46. The summed E-state index contributed by atoms with van der Waals surface area (Å²) in [6.45, 7) is -0.775. The maximum absolute atomic E-state index is 13.6. The van der Waals surface area contributed by atoms with E-state index in [1.807, 2.05) is 0 Å². The summed E-state index contributed by atoms with van der Waals surface area (Å²) in [7, 11) is 0. The Balaban J connectivity index is 1.16. The van der Waals surface area contributed by atoms with Gasteiger partial charge in [0.25, 0.3) is 5.91 Å². The average Bonchev–Trinajstić information content (AvgIpc) is 3.09. The summed E-state index contributed by atoms with van der Waals surface area (Å²) in [5, 5.41) is 24.6. The number of carbonyl (C=O) groups is 4. The second-order valence-electron chi connectivity index (χ2n) is 11.9. The maximum Gasteiger partial charge on any atom is 0.326 e. The number of anilines is 1. The number of β-lactam (4-membered cyclic amide) rings is 1.